The van der Waals surface area contributed by atoms with Crippen LogP contribution in [0.3, 0.4) is 0 Å². The van der Waals surface area contributed by atoms with Gasteiger partial charge in [-0.25, -0.2) is 4.98 Å². The van der Waals surface area contributed by atoms with E-state index in [9.17, 15) is 0 Å². The summed E-state index contributed by atoms with van der Waals surface area (Å²) in [5.74, 6) is 0.807. The summed E-state index contributed by atoms with van der Waals surface area (Å²) in [6.45, 7) is 6.61. The topological polar surface area (TPSA) is 53.6 Å². The summed E-state index contributed by atoms with van der Waals surface area (Å²) in [5, 5.41) is 9.71. The van der Waals surface area contributed by atoms with Gasteiger partial charge in [-0.15, -0.1) is 6.58 Å². The number of H-pyrrole nitrogens is 1. The minimum absolute atomic E-state index is 0.0856. The molecule has 1 atom stereocenters. The Hall–Kier alpha value is -1.16. The molecule has 1 unspecified atom stereocenters. The van der Waals surface area contributed by atoms with E-state index in [2.05, 4.69) is 27.1 Å². The number of likely N-dealkylation sites (N-methyl/N-ethyl adjacent to an activating group) is 1. The van der Waals surface area contributed by atoms with E-state index in [1.807, 2.05) is 6.92 Å². The number of nitrogens with zero attached hydrogens (tertiary/aromatic N) is 2. The van der Waals surface area contributed by atoms with Crippen molar-refractivity contribution in [3.8, 4) is 0 Å². The van der Waals surface area contributed by atoms with Crippen molar-refractivity contribution in [1.29, 1.82) is 0 Å². The predicted octanol–water partition coefficient (Wildman–Crippen LogP) is 0.641. The lowest BCUT2D eigenvalue weighted by atomic mass is 10.3. The van der Waals surface area contributed by atoms with Crippen molar-refractivity contribution in [2.75, 3.05) is 6.54 Å². The van der Waals surface area contributed by atoms with Gasteiger partial charge >= 0.3 is 0 Å². The second kappa shape index (κ2) is 3.88. The first-order chi connectivity index (χ1) is 5.38. The molecular formula is C7H12N4. The zero-order valence-corrected chi connectivity index (χ0v) is 6.54. The highest BCUT2D eigenvalue weighted by atomic mass is 15.2. The Morgan fingerprint density at radius 3 is 3.18 bits per heavy atom. The lowest BCUT2D eigenvalue weighted by Crippen LogP contribution is -2.19. The largest absolute Gasteiger partial charge is 0.304 e. The number of nitrogens with one attached hydrogen (secondary N) is 2. The molecule has 0 fully saturated rings. The van der Waals surface area contributed by atoms with Crippen molar-refractivity contribution in [2.24, 2.45) is 0 Å². The fourth-order valence-electron chi connectivity index (χ4n) is 0.876. The van der Waals surface area contributed by atoms with Gasteiger partial charge in [0.1, 0.15) is 12.2 Å². The van der Waals surface area contributed by atoms with Crippen LogP contribution >= 0.6 is 0 Å². The molecule has 0 aromatic carbocycles. The van der Waals surface area contributed by atoms with Gasteiger partial charge in [0, 0.05) is 0 Å². The fraction of sp³-hybridized carbons (Fsp3) is 0.429. The molecule has 0 aliphatic heterocycles. The van der Waals surface area contributed by atoms with Crippen LogP contribution in [-0.4, -0.2) is 21.7 Å². The normalized spacial score (nSPS) is 12.8. The maximum atomic E-state index is 4.01. The van der Waals surface area contributed by atoms with Crippen LogP contribution < -0.4 is 5.32 Å². The van der Waals surface area contributed by atoms with Crippen LogP contribution in [0.2, 0.25) is 0 Å². The second-order valence-electron chi connectivity index (χ2n) is 2.14. The molecule has 1 aromatic rings. The third kappa shape index (κ3) is 1.88. The van der Waals surface area contributed by atoms with E-state index >= 15 is 0 Å². The molecule has 1 heterocycles. The molecule has 0 bridgehead atoms. The van der Waals surface area contributed by atoms with E-state index in [4.69, 9.17) is 0 Å². The molecule has 11 heavy (non-hydrogen) atoms. The maximum Gasteiger partial charge on any atom is 0.145 e. The Morgan fingerprint density at radius 1 is 1.91 bits per heavy atom. The zero-order chi connectivity index (χ0) is 8.10. The molecule has 4 heteroatoms. The van der Waals surface area contributed by atoms with Crippen molar-refractivity contribution >= 4 is 0 Å². The van der Waals surface area contributed by atoms with Crippen molar-refractivity contribution in [3.05, 3.63) is 24.8 Å². The van der Waals surface area contributed by atoms with Crippen LogP contribution in [0.25, 0.3) is 0 Å². The number of hydrogen-bond acceptors (Lipinski definition) is 3. The first-order valence-corrected chi connectivity index (χ1v) is 3.59. The van der Waals surface area contributed by atoms with Crippen molar-refractivity contribution in [2.45, 2.75) is 13.0 Å². The Balaban J connectivity index is 2.63. The number of aromatic nitrogens is 3. The third-order valence-electron chi connectivity index (χ3n) is 1.39. The van der Waals surface area contributed by atoms with Gasteiger partial charge in [-0.3, -0.25) is 5.10 Å². The fourth-order valence-corrected chi connectivity index (χ4v) is 0.876. The molecule has 0 saturated heterocycles. The SMILES string of the molecule is C=CC(NCC)c1ncn[nH]1. The van der Waals surface area contributed by atoms with Crippen LogP contribution in [0, 0.1) is 0 Å². The molecule has 0 spiro atoms. The summed E-state index contributed by atoms with van der Waals surface area (Å²) in [4.78, 5) is 4.01. The van der Waals surface area contributed by atoms with E-state index in [1.165, 1.54) is 6.33 Å². The lowest BCUT2D eigenvalue weighted by molar-refractivity contribution is 0.617. The van der Waals surface area contributed by atoms with Gasteiger partial charge in [0.05, 0.1) is 6.04 Å². The lowest BCUT2D eigenvalue weighted by Gasteiger charge is -2.08. The molecular weight excluding hydrogens is 140 g/mol. The highest BCUT2D eigenvalue weighted by molar-refractivity contribution is 5.00. The van der Waals surface area contributed by atoms with Crippen LogP contribution in [0.5, 0.6) is 0 Å². The molecule has 0 saturated carbocycles. The monoisotopic (exact) mass is 152 g/mol. The average Bonchev–Trinajstić information content (AvgIpc) is 2.52. The van der Waals surface area contributed by atoms with Gasteiger partial charge in [0.15, 0.2) is 0 Å². The standard InChI is InChI=1S/C7H12N4/c1-3-6(8-4-2)7-9-5-10-11-7/h3,5-6,8H,1,4H2,2H3,(H,9,10,11). The number of aromatic amines is 1. The summed E-state index contributed by atoms with van der Waals surface area (Å²) in [6.07, 6.45) is 3.28. The van der Waals surface area contributed by atoms with Crippen molar-refractivity contribution in [3.63, 3.8) is 0 Å². The van der Waals surface area contributed by atoms with Gasteiger partial charge in [0.25, 0.3) is 0 Å². The Morgan fingerprint density at radius 2 is 2.73 bits per heavy atom. The Bertz CT molecular complexity index is 204. The number of hydrogen-bond donors (Lipinski definition) is 2. The van der Waals surface area contributed by atoms with E-state index in [0.717, 1.165) is 12.4 Å². The van der Waals surface area contributed by atoms with Gasteiger partial charge < -0.3 is 5.32 Å². The minimum atomic E-state index is 0.0856. The first-order valence-electron chi connectivity index (χ1n) is 3.59. The third-order valence-corrected chi connectivity index (χ3v) is 1.39. The van der Waals surface area contributed by atoms with Crippen LogP contribution in [0.1, 0.15) is 18.8 Å². The van der Waals surface area contributed by atoms with Gasteiger partial charge in [-0.2, -0.15) is 5.10 Å². The van der Waals surface area contributed by atoms with Crippen molar-refractivity contribution < 1.29 is 0 Å². The Kier molecular flexibility index (Phi) is 2.80. The highest BCUT2D eigenvalue weighted by Crippen LogP contribution is 2.05. The molecule has 1 aromatic heterocycles. The molecule has 0 radical (unpaired) electrons. The van der Waals surface area contributed by atoms with Gasteiger partial charge in [0.2, 0.25) is 0 Å². The van der Waals surface area contributed by atoms with Crippen LogP contribution in [-0.2, 0) is 0 Å². The zero-order valence-electron chi connectivity index (χ0n) is 6.54. The first kappa shape index (κ1) is 7.94. The van der Waals surface area contributed by atoms with Gasteiger partial charge in [-0.1, -0.05) is 13.0 Å². The number of rotatable bonds is 4. The molecule has 0 aliphatic rings. The van der Waals surface area contributed by atoms with E-state index in [-0.39, 0.29) is 6.04 Å². The van der Waals surface area contributed by atoms with Gasteiger partial charge in [-0.05, 0) is 6.54 Å². The molecule has 4 nitrogen and oxygen atoms in total. The maximum absolute atomic E-state index is 4.01. The summed E-state index contributed by atoms with van der Waals surface area (Å²) in [6, 6.07) is 0.0856. The quantitative estimate of drug-likeness (QED) is 0.622. The Labute approximate surface area is 65.7 Å². The van der Waals surface area contributed by atoms with Crippen molar-refractivity contribution in [1.82, 2.24) is 20.5 Å². The molecule has 0 amide bonds. The summed E-state index contributed by atoms with van der Waals surface area (Å²) < 4.78 is 0. The smallest absolute Gasteiger partial charge is 0.145 e. The second-order valence-corrected chi connectivity index (χ2v) is 2.14. The van der Waals surface area contributed by atoms with E-state index in [0.29, 0.717) is 0 Å². The molecule has 1 rings (SSSR count). The summed E-state index contributed by atoms with van der Waals surface area (Å²) >= 11 is 0. The molecule has 2 N–H and O–H groups in total. The van der Waals surface area contributed by atoms with Crippen LogP contribution in [0.15, 0.2) is 19.0 Å². The van der Waals surface area contributed by atoms with Crippen LogP contribution in [0.4, 0.5) is 0 Å². The molecule has 0 aliphatic carbocycles. The minimum Gasteiger partial charge on any atom is -0.304 e. The predicted molar refractivity (Wildman–Crippen MR) is 43.0 cm³/mol. The molecule has 60 valence electrons. The summed E-state index contributed by atoms with van der Waals surface area (Å²) in [7, 11) is 0. The van der Waals surface area contributed by atoms with E-state index < -0.39 is 0 Å². The average molecular weight is 152 g/mol. The highest BCUT2D eigenvalue weighted by Gasteiger charge is 2.06. The summed E-state index contributed by atoms with van der Waals surface area (Å²) in [5.41, 5.74) is 0. The van der Waals surface area contributed by atoms with E-state index in [1.54, 1.807) is 6.08 Å².